The molecule has 0 unspecified atom stereocenters. The third-order valence-electron chi connectivity index (χ3n) is 2.47. The Kier molecular flexibility index (Phi) is 3.05. The molecule has 3 N–H and O–H groups in total. The molecule has 86 valence electrons. The molecule has 0 amide bonds. The number of nitrogen functional groups attached to an aromatic ring is 1. The van der Waals surface area contributed by atoms with Crippen molar-refractivity contribution in [1.82, 2.24) is 4.98 Å². The van der Waals surface area contributed by atoms with Crippen LogP contribution in [0.1, 0.15) is 5.56 Å². The van der Waals surface area contributed by atoms with Crippen molar-refractivity contribution in [3.05, 3.63) is 48.2 Å². The van der Waals surface area contributed by atoms with Crippen LogP contribution in [0.2, 0.25) is 0 Å². The summed E-state index contributed by atoms with van der Waals surface area (Å²) in [6.45, 7) is 0. The summed E-state index contributed by atoms with van der Waals surface area (Å²) in [5, 5.41) is 8.78. The van der Waals surface area contributed by atoms with Crippen LogP contribution in [-0.2, 0) is 11.2 Å². The molecule has 0 aliphatic heterocycles. The molecule has 0 saturated carbocycles. The Labute approximate surface area is 98.7 Å². The molecule has 0 aliphatic carbocycles. The van der Waals surface area contributed by atoms with Crippen LogP contribution in [-0.4, -0.2) is 16.1 Å². The average Bonchev–Trinajstić information content (AvgIpc) is 2.32. The lowest BCUT2D eigenvalue weighted by atomic mass is 10.0. The Balaban J connectivity index is 2.46. The number of hydrogen-bond donors (Lipinski definition) is 2. The molecule has 1 heterocycles. The van der Waals surface area contributed by atoms with Crippen molar-refractivity contribution >= 4 is 11.7 Å². The van der Waals surface area contributed by atoms with E-state index in [1.54, 1.807) is 12.3 Å². The topological polar surface area (TPSA) is 76.2 Å². The number of rotatable bonds is 3. The molecule has 0 bridgehead atoms. The summed E-state index contributed by atoms with van der Waals surface area (Å²) in [5.74, 6) is -0.901. The SMILES string of the molecule is Nc1c(CC(=O)O)ccnc1-c1ccccc1. The number of carboxylic acids is 1. The van der Waals surface area contributed by atoms with Gasteiger partial charge in [-0.25, -0.2) is 0 Å². The zero-order valence-corrected chi connectivity index (χ0v) is 9.13. The van der Waals surface area contributed by atoms with Crippen LogP contribution in [0.3, 0.4) is 0 Å². The molecule has 2 aromatic rings. The van der Waals surface area contributed by atoms with Gasteiger partial charge in [-0.1, -0.05) is 30.3 Å². The minimum Gasteiger partial charge on any atom is -0.481 e. The lowest BCUT2D eigenvalue weighted by Crippen LogP contribution is -2.05. The first-order valence-electron chi connectivity index (χ1n) is 5.19. The van der Waals surface area contributed by atoms with Crippen molar-refractivity contribution in [1.29, 1.82) is 0 Å². The summed E-state index contributed by atoms with van der Waals surface area (Å²) in [6.07, 6.45) is 1.49. The van der Waals surface area contributed by atoms with Gasteiger partial charge in [-0.3, -0.25) is 9.78 Å². The molecule has 1 aromatic heterocycles. The lowest BCUT2D eigenvalue weighted by molar-refractivity contribution is -0.136. The zero-order valence-electron chi connectivity index (χ0n) is 9.13. The quantitative estimate of drug-likeness (QED) is 0.841. The molecule has 0 radical (unpaired) electrons. The molecule has 2 rings (SSSR count). The number of anilines is 1. The van der Waals surface area contributed by atoms with Crippen molar-refractivity contribution in [2.75, 3.05) is 5.73 Å². The molecule has 0 atom stereocenters. The van der Waals surface area contributed by atoms with Crippen LogP contribution in [0.15, 0.2) is 42.6 Å². The predicted octanol–water partition coefficient (Wildman–Crippen LogP) is 1.96. The summed E-state index contributed by atoms with van der Waals surface area (Å²) >= 11 is 0. The van der Waals surface area contributed by atoms with E-state index >= 15 is 0 Å². The lowest BCUT2D eigenvalue weighted by Gasteiger charge is -2.08. The maximum atomic E-state index is 10.7. The van der Waals surface area contributed by atoms with Gasteiger partial charge in [-0.05, 0) is 11.6 Å². The standard InChI is InChI=1S/C13H12N2O2/c14-12-10(8-11(16)17)6-7-15-13(12)9-4-2-1-3-5-9/h1-7H,8,14H2,(H,16,17). The average molecular weight is 228 g/mol. The summed E-state index contributed by atoms with van der Waals surface area (Å²) in [7, 11) is 0. The number of aliphatic carboxylic acids is 1. The van der Waals surface area contributed by atoms with Crippen molar-refractivity contribution in [3.8, 4) is 11.3 Å². The maximum Gasteiger partial charge on any atom is 0.307 e. The number of benzene rings is 1. The van der Waals surface area contributed by atoms with E-state index in [9.17, 15) is 4.79 Å². The van der Waals surface area contributed by atoms with Gasteiger partial charge < -0.3 is 10.8 Å². The van der Waals surface area contributed by atoms with Crippen LogP contribution < -0.4 is 5.73 Å². The fourth-order valence-corrected chi connectivity index (χ4v) is 1.66. The first-order valence-corrected chi connectivity index (χ1v) is 5.19. The molecular formula is C13H12N2O2. The molecule has 4 heteroatoms. The minimum absolute atomic E-state index is 0.0891. The van der Waals surface area contributed by atoms with E-state index < -0.39 is 5.97 Å². The Morgan fingerprint density at radius 3 is 2.59 bits per heavy atom. The van der Waals surface area contributed by atoms with Crippen molar-refractivity contribution < 1.29 is 9.90 Å². The van der Waals surface area contributed by atoms with Crippen LogP contribution in [0.25, 0.3) is 11.3 Å². The van der Waals surface area contributed by atoms with E-state index in [0.717, 1.165) is 5.56 Å². The largest absolute Gasteiger partial charge is 0.481 e. The van der Waals surface area contributed by atoms with Gasteiger partial charge in [-0.15, -0.1) is 0 Å². The smallest absolute Gasteiger partial charge is 0.307 e. The fourth-order valence-electron chi connectivity index (χ4n) is 1.66. The van der Waals surface area contributed by atoms with Gasteiger partial charge in [0.2, 0.25) is 0 Å². The molecular weight excluding hydrogens is 216 g/mol. The first kappa shape index (κ1) is 11.1. The monoisotopic (exact) mass is 228 g/mol. The summed E-state index contributed by atoms with van der Waals surface area (Å²) in [6, 6.07) is 11.1. The number of nitrogens with two attached hydrogens (primary N) is 1. The highest BCUT2D eigenvalue weighted by molar-refractivity contribution is 5.79. The highest BCUT2D eigenvalue weighted by Gasteiger charge is 2.10. The number of pyridine rings is 1. The number of aromatic nitrogens is 1. The van der Waals surface area contributed by atoms with E-state index in [1.807, 2.05) is 30.3 Å². The molecule has 0 fully saturated rings. The van der Waals surface area contributed by atoms with E-state index in [2.05, 4.69) is 4.98 Å². The highest BCUT2D eigenvalue weighted by Crippen LogP contribution is 2.26. The van der Waals surface area contributed by atoms with Crippen molar-refractivity contribution in [2.24, 2.45) is 0 Å². The minimum atomic E-state index is -0.901. The van der Waals surface area contributed by atoms with Gasteiger partial charge >= 0.3 is 5.97 Å². The van der Waals surface area contributed by atoms with E-state index in [-0.39, 0.29) is 6.42 Å². The normalized spacial score (nSPS) is 10.1. The van der Waals surface area contributed by atoms with Gasteiger partial charge in [0.15, 0.2) is 0 Å². The van der Waals surface area contributed by atoms with Gasteiger partial charge in [0.1, 0.15) is 0 Å². The van der Waals surface area contributed by atoms with Crippen molar-refractivity contribution in [2.45, 2.75) is 6.42 Å². The molecule has 17 heavy (non-hydrogen) atoms. The van der Waals surface area contributed by atoms with E-state index in [1.165, 1.54) is 0 Å². The zero-order chi connectivity index (χ0) is 12.3. The Morgan fingerprint density at radius 2 is 1.94 bits per heavy atom. The molecule has 1 aromatic carbocycles. The fraction of sp³-hybridized carbons (Fsp3) is 0.0769. The Morgan fingerprint density at radius 1 is 1.24 bits per heavy atom. The van der Waals surface area contributed by atoms with Gasteiger partial charge in [0.25, 0.3) is 0 Å². The summed E-state index contributed by atoms with van der Waals surface area (Å²) in [5.41, 5.74) is 8.47. The second kappa shape index (κ2) is 4.65. The van der Waals surface area contributed by atoms with Crippen LogP contribution in [0.4, 0.5) is 5.69 Å². The number of hydrogen-bond acceptors (Lipinski definition) is 3. The second-order valence-corrected chi connectivity index (χ2v) is 3.67. The van der Waals surface area contributed by atoms with Gasteiger partial charge in [0, 0.05) is 11.8 Å². The third kappa shape index (κ3) is 2.42. The van der Waals surface area contributed by atoms with Crippen LogP contribution >= 0.6 is 0 Å². The van der Waals surface area contributed by atoms with Crippen molar-refractivity contribution in [3.63, 3.8) is 0 Å². The molecule has 4 nitrogen and oxygen atoms in total. The first-order chi connectivity index (χ1) is 8.18. The summed E-state index contributed by atoms with van der Waals surface area (Å²) in [4.78, 5) is 14.9. The Hall–Kier alpha value is -2.36. The molecule has 0 spiro atoms. The second-order valence-electron chi connectivity index (χ2n) is 3.67. The maximum absolute atomic E-state index is 10.7. The molecule has 0 aliphatic rings. The van der Waals surface area contributed by atoms with Crippen LogP contribution in [0, 0.1) is 0 Å². The Bertz CT molecular complexity index is 538. The van der Waals surface area contributed by atoms with E-state index in [0.29, 0.717) is 16.9 Å². The van der Waals surface area contributed by atoms with Crippen LogP contribution in [0.5, 0.6) is 0 Å². The summed E-state index contributed by atoms with van der Waals surface area (Å²) < 4.78 is 0. The third-order valence-corrected chi connectivity index (χ3v) is 2.47. The van der Waals surface area contributed by atoms with Gasteiger partial charge in [0.05, 0.1) is 17.8 Å². The predicted molar refractivity (Wildman–Crippen MR) is 65.4 cm³/mol. The molecule has 0 saturated heterocycles. The highest BCUT2D eigenvalue weighted by atomic mass is 16.4. The number of nitrogens with zero attached hydrogens (tertiary/aromatic N) is 1. The number of carboxylic acid groups (broad SMARTS) is 1. The number of carbonyl (C=O) groups is 1. The van der Waals surface area contributed by atoms with E-state index in [4.69, 9.17) is 10.8 Å². The van der Waals surface area contributed by atoms with Gasteiger partial charge in [-0.2, -0.15) is 0 Å².